The molecule has 0 aliphatic carbocycles. The fraction of sp³-hybridized carbons (Fsp3) is 0.500. The molecule has 44 heavy (non-hydrogen) atoms. The number of ether oxygens (including phenoxy) is 4. The number of amides is 1. The predicted molar refractivity (Wildman–Crippen MR) is 181 cm³/mol. The quantitative estimate of drug-likeness (QED) is 0.138. The van der Waals surface area contributed by atoms with Gasteiger partial charge in [-0.15, -0.1) is 0 Å². The molecule has 0 aliphatic heterocycles. The smallest absolute Gasteiger partial charge is 0.407 e. The third kappa shape index (κ3) is 12.9. The van der Waals surface area contributed by atoms with Crippen LogP contribution in [-0.2, 0) is 4.74 Å². The summed E-state index contributed by atoms with van der Waals surface area (Å²) in [5.74, 6) is 2.59. The molecule has 3 aromatic carbocycles. The number of hydrogen-bond acceptors (Lipinski definition) is 5. The van der Waals surface area contributed by atoms with Gasteiger partial charge in [-0.3, -0.25) is 0 Å². The normalized spacial score (nSPS) is 11.2. The van der Waals surface area contributed by atoms with Crippen LogP contribution < -0.4 is 19.5 Å². The highest BCUT2D eigenvalue weighted by Gasteiger charge is 2.15. The molecule has 1 N–H and O–H groups in total. The fourth-order valence-electron chi connectivity index (χ4n) is 4.68. The first-order chi connectivity index (χ1) is 21.3. The Morgan fingerprint density at radius 2 is 1.16 bits per heavy atom. The molecular weight excluding hydrogens is 550 g/mol. The maximum absolute atomic E-state index is 11.8. The van der Waals surface area contributed by atoms with Crippen molar-refractivity contribution in [3.05, 3.63) is 66.7 Å². The summed E-state index contributed by atoms with van der Waals surface area (Å²) in [6.07, 6.45) is 9.12. The van der Waals surface area contributed by atoms with Crippen LogP contribution in [0.3, 0.4) is 0 Å². The summed E-state index contributed by atoms with van der Waals surface area (Å²) in [6.45, 7) is 12.7. The second kappa shape index (κ2) is 18.9. The molecule has 3 aromatic rings. The van der Waals surface area contributed by atoms with Crippen molar-refractivity contribution < 1.29 is 23.7 Å². The number of carbonyl (C=O) groups is 1. The van der Waals surface area contributed by atoms with E-state index >= 15 is 0 Å². The standard InChI is InChI=1S/C38H53NO5/c1-6-8-13-27-41-33-21-19-31(20-22-33)30-15-17-32(18-16-30)35-24-23-34(42-26-9-7-2)29-36(35)43-28-14-11-10-12-25-39-37(40)44-38(3,4)5/h15-24,29H,6-14,25-28H2,1-5H3,(H,39,40). The lowest BCUT2D eigenvalue weighted by atomic mass is 9.99. The van der Waals surface area contributed by atoms with Crippen LogP contribution in [0.5, 0.6) is 17.2 Å². The lowest BCUT2D eigenvalue weighted by Crippen LogP contribution is -2.32. The number of carbonyl (C=O) groups excluding carboxylic acids is 1. The van der Waals surface area contributed by atoms with E-state index in [0.29, 0.717) is 19.8 Å². The van der Waals surface area contributed by atoms with Crippen molar-refractivity contribution >= 4 is 6.09 Å². The molecule has 0 radical (unpaired) electrons. The van der Waals surface area contributed by atoms with Crippen molar-refractivity contribution in [1.82, 2.24) is 5.32 Å². The topological polar surface area (TPSA) is 66.0 Å². The third-order valence-electron chi connectivity index (χ3n) is 7.12. The zero-order chi connectivity index (χ0) is 31.6. The third-order valence-corrected chi connectivity index (χ3v) is 7.12. The van der Waals surface area contributed by atoms with Gasteiger partial charge in [-0.05, 0) is 87.4 Å². The van der Waals surface area contributed by atoms with Gasteiger partial charge in [-0.1, -0.05) is 82.3 Å². The Bertz CT molecular complexity index is 1230. The van der Waals surface area contributed by atoms with Gasteiger partial charge < -0.3 is 24.3 Å². The number of benzene rings is 3. The van der Waals surface area contributed by atoms with E-state index in [9.17, 15) is 4.79 Å². The summed E-state index contributed by atoms with van der Waals surface area (Å²) < 4.78 is 23.5. The van der Waals surface area contributed by atoms with Gasteiger partial charge in [0.2, 0.25) is 0 Å². The van der Waals surface area contributed by atoms with E-state index in [0.717, 1.165) is 91.1 Å². The minimum atomic E-state index is -0.476. The van der Waals surface area contributed by atoms with E-state index in [4.69, 9.17) is 18.9 Å². The number of alkyl carbamates (subject to hydrolysis) is 1. The van der Waals surface area contributed by atoms with E-state index in [-0.39, 0.29) is 6.09 Å². The first kappa shape index (κ1) is 34.8. The molecule has 3 rings (SSSR count). The molecule has 0 spiro atoms. The SMILES string of the molecule is CCCCCOc1ccc(-c2ccc(-c3ccc(OCCCC)cc3OCCCCCCNC(=O)OC(C)(C)C)cc2)cc1. The Morgan fingerprint density at radius 3 is 1.84 bits per heavy atom. The molecule has 0 unspecified atom stereocenters. The van der Waals surface area contributed by atoms with Gasteiger partial charge in [0.1, 0.15) is 22.8 Å². The predicted octanol–water partition coefficient (Wildman–Crippen LogP) is 10.2. The van der Waals surface area contributed by atoms with E-state index in [1.165, 1.54) is 12.8 Å². The number of unbranched alkanes of at least 4 members (excludes halogenated alkanes) is 6. The molecule has 0 fully saturated rings. The van der Waals surface area contributed by atoms with Gasteiger partial charge in [0.25, 0.3) is 0 Å². The molecule has 6 heteroatoms. The number of hydrogen-bond donors (Lipinski definition) is 1. The highest BCUT2D eigenvalue weighted by Crippen LogP contribution is 2.35. The van der Waals surface area contributed by atoms with Gasteiger partial charge in [-0.2, -0.15) is 0 Å². The second-order valence-corrected chi connectivity index (χ2v) is 12.2. The van der Waals surface area contributed by atoms with Crippen molar-refractivity contribution in [2.75, 3.05) is 26.4 Å². The van der Waals surface area contributed by atoms with E-state index in [1.807, 2.05) is 32.9 Å². The summed E-state index contributed by atoms with van der Waals surface area (Å²) in [5.41, 5.74) is 4.00. The highest BCUT2D eigenvalue weighted by molar-refractivity contribution is 5.75. The summed E-state index contributed by atoms with van der Waals surface area (Å²) in [5, 5.41) is 2.82. The monoisotopic (exact) mass is 603 g/mol. The van der Waals surface area contributed by atoms with Crippen LogP contribution >= 0.6 is 0 Å². The minimum Gasteiger partial charge on any atom is -0.494 e. The number of nitrogens with one attached hydrogen (secondary N) is 1. The Balaban J connectivity index is 1.56. The molecular formula is C38H53NO5. The van der Waals surface area contributed by atoms with E-state index in [2.05, 4.69) is 73.8 Å². The Morgan fingerprint density at radius 1 is 0.614 bits per heavy atom. The zero-order valence-electron chi connectivity index (χ0n) is 27.6. The van der Waals surface area contributed by atoms with Crippen LogP contribution in [0.1, 0.15) is 92.4 Å². The van der Waals surface area contributed by atoms with Crippen molar-refractivity contribution in [3.63, 3.8) is 0 Å². The van der Waals surface area contributed by atoms with Crippen LogP contribution in [0.25, 0.3) is 22.3 Å². The van der Waals surface area contributed by atoms with Crippen molar-refractivity contribution in [2.45, 2.75) is 98.0 Å². The van der Waals surface area contributed by atoms with Gasteiger partial charge in [0.15, 0.2) is 0 Å². The average molecular weight is 604 g/mol. The van der Waals surface area contributed by atoms with Gasteiger partial charge in [0, 0.05) is 18.2 Å². The lowest BCUT2D eigenvalue weighted by molar-refractivity contribution is 0.0527. The second-order valence-electron chi connectivity index (χ2n) is 12.2. The molecule has 1 amide bonds. The molecule has 0 atom stereocenters. The van der Waals surface area contributed by atoms with E-state index < -0.39 is 5.60 Å². The van der Waals surface area contributed by atoms with Crippen LogP contribution in [-0.4, -0.2) is 38.1 Å². The summed E-state index contributed by atoms with van der Waals surface area (Å²) in [7, 11) is 0. The minimum absolute atomic E-state index is 0.358. The Kier molecular flexibility index (Phi) is 14.9. The molecule has 0 heterocycles. The summed E-state index contributed by atoms with van der Waals surface area (Å²) in [6, 6.07) is 23.1. The van der Waals surface area contributed by atoms with Crippen LogP contribution in [0.4, 0.5) is 4.79 Å². The van der Waals surface area contributed by atoms with Crippen molar-refractivity contribution in [3.8, 4) is 39.5 Å². The molecule has 0 saturated heterocycles. The largest absolute Gasteiger partial charge is 0.494 e. The lowest BCUT2D eigenvalue weighted by Gasteiger charge is -2.19. The average Bonchev–Trinajstić information content (AvgIpc) is 3.00. The molecule has 6 nitrogen and oxygen atoms in total. The maximum Gasteiger partial charge on any atom is 0.407 e. The van der Waals surface area contributed by atoms with Gasteiger partial charge >= 0.3 is 6.09 Å². The maximum atomic E-state index is 11.8. The summed E-state index contributed by atoms with van der Waals surface area (Å²) in [4.78, 5) is 11.8. The van der Waals surface area contributed by atoms with Gasteiger partial charge in [-0.25, -0.2) is 4.79 Å². The summed E-state index contributed by atoms with van der Waals surface area (Å²) >= 11 is 0. The van der Waals surface area contributed by atoms with Crippen molar-refractivity contribution in [1.29, 1.82) is 0 Å². The molecule has 0 aromatic heterocycles. The Hall–Kier alpha value is -3.67. The number of rotatable bonds is 19. The Labute approximate surface area is 265 Å². The molecule has 0 saturated carbocycles. The van der Waals surface area contributed by atoms with E-state index in [1.54, 1.807) is 0 Å². The first-order valence-electron chi connectivity index (χ1n) is 16.5. The van der Waals surface area contributed by atoms with Crippen LogP contribution in [0.2, 0.25) is 0 Å². The van der Waals surface area contributed by atoms with Crippen LogP contribution in [0.15, 0.2) is 66.7 Å². The molecule has 0 bridgehead atoms. The van der Waals surface area contributed by atoms with Crippen LogP contribution in [0, 0.1) is 0 Å². The zero-order valence-corrected chi connectivity index (χ0v) is 27.6. The van der Waals surface area contributed by atoms with Crippen molar-refractivity contribution in [2.24, 2.45) is 0 Å². The fourth-order valence-corrected chi connectivity index (χ4v) is 4.68. The molecule has 0 aliphatic rings. The van der Waals surface area contributed by atoms with Gasteiger partial charge in [0.05, 0.1) is 19.8 Å². The molecule has 240 valence electrons. The first-order valence-corrected chi connectivity index (χ1v) is 16.5. The highest BCUT2D eigenvalue weighted by atomic mass is 16.6.